The maximum Gasteiger partial charge on any atom is 0.178 e. The van der Waals surface area contributed by atoms with E-state index in [1.54, 1.807) is 19.1 Å². The molecule has 1 N–H and O–H groups in total. The molecule has 0 aliphatic heterocycles. The van der Waals surface area contributed by atoms with Gasteiger partial charge in [0.25, 0.3) is 0 Å². The number of ether oxygens (including phenoxy) is 1. The van der Waals surface area contributed by atoms with Crippen LogP contribution in [0.3, 0.4) is 0 Å². The molecular weight excluding hydrogens is 252 g/mol. The van der Waals surface area contributed by atoms with Gasteiger partial charge in [0, 0.05) is 0 Å². The van der Waals surface area contributed by atoms with E-state index in [1.165, 1.54) is 18.9 Å². The SMILES string of the molecule is CCS(=O)(=O)c1ccc(OCC2CC2)cc1CO. The molecule has 4 nitrogen and oxygen atoms in total. The van der Waals surface area contributed by atoms with E-state index in [-0.39, 0.29) is 17.3 Å². The summed E-state index contributed by atoms with van der Waals surface area (Å²) in [7, 11) is -3.29. The number of rotatable bonds is 6. The lowest BCUT2D eigenvalue weighted by Crippen LogP contribution is -2.08. The third-order valence-corrected chi connectivity index (χ3v) is 4.93. The quantitative estimate of drug-likeness (QED) is 0.855. The first-order valence-electron chi connectivity index (χ1n) is 6.16. The maximum absolute atomic E-state index is 11.8. The van der Waals surface area contributed by atoms with Crippen molar-refractivity contribution in [3.05, 3.63) is 23.8 Å². The molecule has 0 atom stereocenters. The first-order valence-corrected chi connectivity index (χ1v) is 7.81. The van der Waals surface area contributed by atoms with Crippen LogP contribution in [0, 0.1) is 5.92 Å². The zero-order valence-corrected chi connectivity index (χ0v) is 11.2. The van der Waals surface area contributed by atoms with Crippen molar-refractivity contribution in [3.63, 3.8) is 0 Å². The van der Waals surface area contributed by atoms with Crippen molar-refractivity contribution in [2.75, 3.05) is 12.4 Å². The first-order chi connectivity index (χ1) is 8.56. The summed E-state index contributed by atoms with van der Waals surface area (Å²) in [5, 5.41) is 9.27. The summed E-state index contributed by atoms with van der Waals surface area (Å²) < 4.78 is 29.2. The minimum atomic E-state index is -3.29. The van der Waals surface area contributed by atoms with E-state index in [9.17, 15) is 13.5 Å². The van der Waals surface area contributed by atoms with E-state index >= 15 is 0 Å². The van der Waals surface area contributed by atoms with Crippen LogP contribution in [0.15, 0.2) is 23.1 Å². The summed E-state index contributed by atoms with van der Waals surface area (Å²) in [6.45, 7) is 1.97. The zero-order chi connectivity index (χ0) is 13.2. The molecule has 0 bridgehead atoms. The molecule has 5 heteroatoms. The lowest BCUT2D eigenvalue weighted by atomic mass is 10.2. The molecule has 0 heterocycles. The minimum absolute atomic E-state index is 0.0300. The zero-order valence-electron chi connectivity index (χ0n) is 10.4. The topological polar surface area (TPSA) is 63.6 Å². The van der Waals surface area contributed by atoms with Crippen molar-refractivity contribution in [2.24, 2.45) is 5.92 Å². The van der Waals surface area contributed by atoms with Gasteiger partial charge in [-0.25, -0.2) is 8.42 Å². The highest BCUT2D eigenvalue weighted by Crippen LogP contribution is 2.30. The highest BCUT2D eigenvalue weighted by atomic mass is 32.2. The molecule has 0 unspecified atom stereocenters. The fourth-order valence-electron chi connectivity index (χ4n) is 1.73. The van der Waals surface area contributed by atoms with E-state index in [2.05, 4.69) is 0 Å². The molecule has 1 fully saturated rings. The van der Waals surface area contributed by atoms with Crippen molar-refractivity contribution in [3.8, 4) is 5.75 Å². The maximum atomic E-state index is 11.8. The van der Waals surface area contributed by atoms with Crippen molar-refractivity contribution < 1.29 is 18.3 Å². The van der Waals surface area contributed by atoms with Crippen LogP contribution >= 0.6 is 0 Å². The molecule has 100 valence electrons. The molecule has 1 aromatic carbocycles. The number of hydrogen-bond acceptors (Lipinski definition) is 4. The summed E-state index contributed by atoms with van der Waals surface area (Å²) in [4.78, 5) is 0.200. The monoisotopic (exact) mass is 270 g/mol. The Labute approximate surface area is 108 Å². The standard InChI is InChI=1S/C13H18O4S/c1-2-18(15,16)13-6-5-12(7-11(13)8-14)17-9-10-3-4-10/h5-7,10,14H,2-4,8-9H2,1H3. The van der Waals surface area contributed by atoms with Gasteiger partial charge in [-0.2, -0.15) is 0 Å². The molecule has 2 rings (SSSR count). The van der Waals surface area contributed by atoms with Crippen LogP contribution in [-0.4, -0.2) is 25.9 Å². The predicted octanol–water partition coefficient (Wildman–Crippen LogP) is 1.76. The summed E-state index contributed by atoms with van der Waals surface area (Å²) >= 11 is 0. The molecular formula is C13H18O4S. The van der Waals surface area contributed by atoms with Gasteiger partial charge in [-0.05, 0) is 42.5 Å². The summed E-state index contributed by atoms with van der Waals surface area (Å²) in [6, 6.07) is 4.79. The second kappa shape index (κ2) is 5.28. The van der Waals surface area contributed by atoms with Crippen molar-refractivity contribution >= 4 is 9.84 Å². The van der Waals surface area contributed by atoms with Crippen LogP contribution in [0.5, 0.6) is 5.75 Å². The van der Waals surface area contributed by atoms with Crippen molar-refractivity contribution in [1.29, 1.82) is 0 Å². The van der Waals surface area contributed by atoms with E-state index in [4.69, 9.17) is 4.74 Å². The summed E-state index contributed by atoms with van der Waals surface area (Å²) in [5.41, 5.74) is 0.408. The van der Waals surface area contributed by atoms with Crippen LogP contribution in [0.2, 0.25) is 0 Å². The minimum Gasteiger partial charge on any atom is -0.493 e. The van der Waals surface area contributed by atoms with Gasteiger partial charge < -0.3 is 9.84 Å². The normalized spacial score (nSPS) is 15.7. The smallest absolute Gasteiger partial charge is 0.178 e. The van der Waals surface area contributed by atoms with E-state index < -0.39 is 9.84 Å². The third-order valence-electron chi connectivity index (χ3n) is 3.10. The highest BCUT2D eigenvalue weighted by molar-refractivity contribution is 7.91. The Kier molecular flexibility index (Phi) is 3.92. The van der Waals surface area contributed by atoms with Gasteiger partial charge >= 0.3 is 0 Å². The fourth-order valence-corrected chi connectivity index (χ4v) is 2.84. The molecule has 0 amide bonds. The molecule has 0 radical (unpaired) electrons. The second-order valence-corrected chi connectivity index (χ2v) is 6.83. The Hall–Kier alpha value is -1.07. The molecule has 0 spiro atoms. The number of aliphatic hydroxyl groups excluding tert-OH is 1. The van der Waals surface area contributed by atoms with E-state index in [0.29, 0.717) is 23.8 Å². The Morgan fingerprint density at radius 2 is 2.11 bits per heavy atom. The fraction of sp³-hybridized carbons (Fsp3) is 0.538. The van der Waals surface area contributed by atoms with Crippen LogP contribution in [-0.2, 0) is 16.4 Å². The van der Waals surface area contributed by atoms with Crippen LogP contribution in [0.1, 0.15) is 25.3 Å². The lowest BCUT2D eigenvalue weighted by molar-refractivity contribution is 0.274. The van der Waals surface area contributed by atoms with Gasteiger partial charge in [0.1, 0.15) is 5.75 Å². The first kappa shape index (κ1) is 13.4. The van der Waals surface area contributed by atoms with Crippen LogP contribution in [0.4, 0.5) is 0 Å². The average molecular weight is 270 g/mol. The molecule has 18 heavy (non-hydrogen) atoms. The largest absolute Gasteiger partial charge is 0.493 e. The molecule has 1 aromatic rings. The third kappa shape index (κ3) is 3.03. The van der Waals surface area contributed by atoms with E-state index in [1.807, 2.05) is 0 Å². The van der Waals surface area contributed by atoms with Gasteiger partial charge in [0.05, 0.1) is 23.9 Å². The number of hydrogen-bond donors (Lipinski definition) is 1. The molecule has 1 aliphatic carbocycles. The van der Waals surface area contributed by atoms with Crippen LogP contribution < -0.4 is 4.74 Å². The summed E-state index contributed by atoms with van der Waals surface area (Å²) in [5.74, 6) is 1.30. The van der Waals surface area contributed by atoms with Gasteiger partial charge in [0.2, 0.25) is 0 Å². The van der Waals surface area contributed by atoms with Gasteiger partial charge in [-0.3, -0.25) is 0 Å². The molecule has 1 aliphatic rings. The molecule has 0 aromatic heterocycles. The number of benzene rings is 1. The Bertz CT molecular complexity index is 518. The van der Waals surface area contributed by atoms with Crippen molar-refractivity contribution in [1.82, 2.24) is 0 Å². The van der Waals surface area contributed by atoms with Crippen LogP contribution in [0.25, 0.3) is 0 Å². The Morgan fingerprint density at radius 1 is 1.39 bits per heavy atom. The summed E-state index contributed by atoms with van der Waals surface area (Å²) in [6.07, 6.45) is 2.41. The predicted molar refractivity (Wildman–Crippen MR) is 68.3 cm³/mol. The highest BCUT2D eigenvalue weighted by Gasteiger charge is 2.22. The van der Waals surface area contributed by atoms with Gasteiger partial charge in [-0.15, -0.1) is 0 Å². The average Bonchev–Trinajstić information content (AvgIpc) is 3.20. The Morgan fingerprint density at radius 3 is 2.67 bits per heavy atom. The Balaban J connectivity index is 2.21. The van der Waals surface area contributed by atoms with Gasteiger partial charge in [0.15, 0.2) is 9.84 Å². The van der Waals surface area contributed by atoms with E-state index in [0.717, 1.165) is 0 Å². The second-order valence-electron chi connectivity index (χ2n) is 4.59. The number of aliphatic hydroxyl groups is 1. The van der Waals surface area contributed by atoms with Crippen molar-refractivity contribution in [2.45, 2.75) is 31.3 Å². The number of sulfone groups is 1. The molecule has 0 saturated heterocycles. The van der Waals surface area contributed by atoms with Gasteiger partial charge in [-0.1, -0.05) is 6.92 Å². The molecule has 1 saturated carbocycles. The lowest BCUT2D eigenvalue weighted by Gasteiger charge is -2.11.